The summed E-state index contributed by atoms with van der Waals surface area (Å²) in [4.78, 5) is 14.6. The number of carbonyl (C=O) groups excluding carboxylic acids is 1. The second kappa shape index (κ2) is 5.98. The largest absolute Gasteiger partial charge is 0.366 e. The average molecular weight is 312 g/mol. The van der Waals surface area contributed by atoms with Crippen LogP contribution in [0.25, 0.3) is 0 Å². The summed E-state index contributed by atoms with van der Waals surface area (Å²) in [7, 11) is 0. The van der Waals surface area contributed by atoms with Crippen molar-refractivity contribution in [3.63, 3.8) is 0 Å². The van der Waals surface area contributed by atoms with Crippen molar-refractivity contribution in [2.75, 3.05) is 18.4 Å². The third-order valence-corrected chi connectivity index (χ3v) is 4.72. The molecule has 0 aromatic carbocycles. The van der Waals surface area contributed by atoms with Gasteiger partial charge in [-0.05, 0) is 44.2 Å². The molecule has 7 heteroatoms. The topological polar surface area (TPSA) is 86.8 Å². The number of nitrogens with zero attached hydrogens (tertiary/aromatic N) is 4. The van der Waals surface area contributed by atoms with Crippen LogP contribution in [-0.2, 0) is 12.8 Å². The van der Waals surface area contributed by atoms with Crippen molar-refractivity contribution in [2.45, 2.75) is 38.1 Å². The summed E-state index contributed by atoms with van der Waals surface area (Å²) in [6.07, 6.45) is 6.59. The predicted molar refractivity (Wildman–Crippen MR) is 85.2 cm³/mol. The van der Waals surface area contributed by atoms with Gasteiger partial charge in [0.15, 0.2) is 5.69 Å². The third kappa shape index (κ3) is 2.78. The molecule has 1 saturated heterocycles. The molecule has 0 saturated carbocycles. The second-order valence-electron chi connectivity index (χ2n) is 6.20. The number of amides is 1. The fourth-order valence-electron chi connectivity index (χ4n) is 3.46. The summed E-state index contributed by atoms with van der Waals surface area (Å²) in [5.41, 5.74) is 2.92. The molecule has 2 aromatic rings. The first-order valence-corrected chi connectivity index (χ1v) is 8.21. The summed E-state index contributed by atoms with van der Waals surface area (Å²) in [5, 5.41) is 18.6. The highest BCUT2D eigenvalue weighted by Gasteiger charge is 2.29. The van der Waals surface area contributed by atoms with Crippen molar-refractivity contribution in [3.05, 3.63) is 35.3 Å². The molecule has 4 rings (SSSR count). The number of piperidine rings is 1. The van der Waals surface area contributed by atoms with Gasteiger partial charge in [-0.25, -0.2) is 0 Å². The van der Waals surface area contributed by atoms with E-state index in [-0.39, 0.29) is 5.91 Å². The number of aromatic amines is 1. The third-order valence-electron chi connectivity index (χ3n) is 4.72. The van der Waals surface area contributed by atoms with Crippen molar-refractivity contribution >= 4 is 11.7 Å². The monoisotopic (exact) mass is 312 g/mol. The molecule has 1 aliphatic heterocycles. The molecule has 0 spiro atoms. The molecule has 23 heavy (non-hydrogen) atoms. The summed E-state index contributed by atoms with van der Waals surface area (Å²) in [6.45, 7) is 1.50. The number of aryl methyl sites for hydroxylation is 1. The van der Waals surface area contributed by atoms with Gasteiger partial charge in [-0.2, -0.15) is 10.2 Å². The van der Waals surface area contributed by atoms with Crippen LogP contribution in [0, 0.1) is 0 Å². The van der Waals surface area contributed by atoms with E-state index in [0.29, 0.717) is 11.7 Å². The Balaban J connectivity index is 1.37. The number of H-pyrrole nitrogens is 1. The van der Waals surface area contributed by atoms with Gasteiger partial charge in [0.05, 0.1) is 0 Å². The Labute approximate surface area is 134 Å². The zero-order valence-corrected chi connectivity index (χ0v) is 13.0. The molecule has 2 aromatic heterocycles. The minimum Gasteiger partial charge on any atom is -0.366 e. The molecular weight excluding hydrogens is 292 g/mol. The lowest BCUT2D eigenvalue weighted by Gasteiger charge is -2.32. The number of hydrogen-bond donors (Lipinski definition) is 2. The van der Waals surface area contributed by atoms with E-state index in [1.165, 1.54) is 0 Å². The number of fused-ring (bicyclic) bond motifs is 1. The van der Waals surface area contributed by atoms with Gasteiger partial charge in [0.25, 0.3) is 5.91 Å². The molecule has 120 valence electrons. The first kappa shape index (κ1) is 14.2. The van der Waals surface area contributed by atoms with Gasteiger partial charge in [-0.15, -0.1) is 5.10 Å². The Bertz CT molecular complexity index is 690. The van der Waals surface area contributed by atoms with Crippen molar-refractivity contribution < 1.29 is 4.79 Å². The summed E-state index contributed by atoms with van der Waals surface area (Å²) in [6, 6.07) is 4.12. The number of anilines is 1. The minimum absolute atomic E-state index is 0.0716. The maximum Gasteiger partial charge on any atom is 0.274 e. The lowest BCUT2D eigenvalue weighted by atomic mass is 10.0. The Morgan fingerprint density at radius 1 is 1.30 bits per heavy atom. The van der Waals surface area contributed by atoms with Gasteiger partial charge < -0.3 is 10.2 Å². The van der Waals surface area contributed by atoms with Gasteiger partial charge in [0.2, 0.25) is 0 Å². The van der Waals surface area contributed by atoms with Gasteiger partial charge in [0, 0.05) is 36.6 Å². The highest BCUT2D eigenvalue weighted by molar-refractivity contribution is 5.94. The van der Waals surface area contributed by atoms with Crippen LogP contribution in [-0.4, -0.2) is 50.3 Å². The number of likely N-dealkylation sites (tertiary alicyclic amines) is 1. The first-order valence-electron chi connectivity index (χ1n) is 8.21. The Morgan fingerprint density at radius 3 is 2.96 bits per heavy atom. The molecule has 1 amide bonds. The van der Waals surface area contributed by atoms with Gasteiger partial charge in [0.1, 0.15) is 5.82 Å². The van der Waals surface area contributed by atoms with E-state index in [4.69, 9.17) is 0 Å². The molecule has 0 radical (unpaired) electrons. The zero-order chi connectivity index (χ0) is 15.6. The molecule has 2 aliphatic rings. The van der Waals surface area contributed by atoms with E-state index >= 15 is 0 Å². The molecule has 3 heterocycles. The molecule has 0 atom stereocenters. The fourth-order valence-corrected chi connectivity index (χ4v) is 3.46. The van der Waals surface area contributed by atoms with Crippen molar-refractivity contribution in [2.24, 2.45) is 0 Å². The fraction of sp³-hybridized carbons (Fsp3) is 0.500. The van der Waals surface area contributed by atoms with Crippen LogP contribution in [0.2, 0.25) is 0 Å². The van der Waals surface area contributed by atoms with Gasteiger partial charge >= 0.3 is 0 Å². The average Bonchev–Trinajstić information content (AvgIpc) is 3.19. The van der Waals surface area contributed by atoms with Crippen molar-refractivity contribution in [3.8, 4) is 0 Å². The van der Waals surface area contributed by atoms with E-state index in [1.54, 1.807) is 6.20 Å². The number of rotatable bonds is 3. The van der Waals surface area contributed by atoms with Gasteiger partial charge in [-0.3, -0.25) is 9.89 Å². The van der Waals surface area contributed by atoms with Crippen molar-refractivity contribution in [1.29, 1.82) is 0 Å². The highest BCUT2D eigenvalue weighted by atomic mass is 16.2. The maximum absolute atomic E-state index is 12.7. The Kier molecular flexibility index (Phi) is 3.69. The molecular formula is C16H20N6O. The molecule has 0 bridgehead atoms. The van der Waals surface area contributed by atoms with E-state index in [0.717, 1.165) is 62.3 Å². The normalized spacial score (nSPS) is 18.0. The van der Waals surface area contributed by atoms with Gasteiger partial charge in [-0.1, -0.05) is 0 Å². The van der Waals surface area contributed by atoms with Crippen LogP contribution >= 0.6 is 0 Å². The van der Waals surface area contributed by atoms with E-state index in [2.05, 4.69) is 25.7 Å². The SMILES string of the molecule is O=C(c1n[nH]c2c1CCC2)N1CCC(Nc2cccnn2)CC1. The van der Waals surface area contributed by atoms with Crippen LogP contribution in [0.3, 0.4) is 0 Å². The predicted octanol–water partition coefficient (Wildman–Crippen LogP) is 1.41. The van der Waals surface area contributed by atoms with Crippen LogP contribution in [0.15, 0.2) is 18.3 Å². The molecule has 1 fully saturated rings. The Hall–Kier alpha value is -2.44. The minimum atomic E-state index is 0.0716. The smallest absolute Gasteiger partial charge is 0.274 e. The number of aromatic nitrogens is 4. The molecule has 1 aliphatic carbocycles. The van der Waals surface area contributed by atoms with Crippen LogP contribution in [0.5, 0.6) is 0 Å². The molecule has 0 unspecified atom stereocenters. The zero-order valence-electron chi connectivity index (χ0n) is 13.0. The lowest BCUT2D eigenvalue weighted by molar-refractivity contribution is 0.0711. The standard InChI is InChI=1S/C16H20N6O/c23-16(15-12-3-1-4-13(12)19-21-15)22-9-6-11(7-10-22)18-14-5-2-8-17-20-14/h2,5,8,11H,1,3-4,6-7,9-10H2,(H,18,20)(H,19,21). The maximum atomic E-state index is 12.7. The lowest BCUT2D eigenvalue weighted by Crippen LogP contribution is -2.42. The quantitative estimate of drug-likeness (QED) is 0.895. The number of hydrogen-bond acceptors (Lipinski definition) is 5. The van der Waals surface area contributed by atoms with Crippen LogP contribution < -0.4 is 5.32 Å². The van der Waals surface area contributed by atoms with Crippen LogP contribution in [0.4, 0.5) is 5.82 Å². The first-order chi connectivity index (χ1) is 11.3. The summed E-state index contributed by atoms with van der Waals surface area (Å²) in [5.74, 6) is 0.866. The molecule has 7 nitrogen and oxygen atoms in total. The molecule has 2 N–H and O–H groups in total. The van der Waals surface area contributed by atoms with E-state index in [1.807, 2.05) is 17.0 Å². The number of carbonyl (C=O) groups is 1. The second-order valence-corrected chi connectivity index (χ2v) is 6.20. The van der Waals surface area contributed by atoms with E-state index < -0.39 is 0 Å². The summed E-state index contributed by atoms with van der Waals surface area (Å²) >= 11 is 0. The van der Waals surface area contributed by atoms with Crippen LogP contribution in [0.1, 0.15) is 41.0 Å². The Morgan fingerprint density at radius 2 is 2.17 bits per heavy atom. The van der Waals surface area contributed by atoms with E-state index in [9.17, 15) is 4.79 Å². The number of nitrogens with one attached hydrogen (secondary N) is 2. The highest BCUT2D eigenvalue weighted by Crippen LogP contribution is 2.25. The summed E-state index contributed by atoms with van der Waals surface area (Å²) < 4.78 is 0. The van der Waals surface area contributed by atoms with Crippen molar-refractivity contribution in [1.82, 2.24) is 25.3 Å².